The van der Waals surface area contributed by atoms with Crippen molar-refractivity contribution >= 4 is 17.5 Å². The third-order valence-corrected chi connectivity index (χ3v) is 4.59. The number of nitrogens with one attached hydrogen (secondary N) is 1. The topological polar surface area (TPSA) is 49.4 Å². The highest BCUT2D eigenvalue weighted by molar-refractivity contribution is 5.91. The predicted octanol–water partition coefficient (Wildman–Crippen LogP) is 3.74. The van der Waals surface area contributed by atoms with E-state index >= 15 is 0 Å². The Hall–Kier alpha value is -2.10. The van der Waals surface area contributed by atoms with Crippen LogP contribution in [0.25, 0.3) is 0 Å². The van der Waals surface area contributed by atoms with Crippen molar-refractivity contribution in [1.82, 2.24) is 4.90 Å². The van der Waals surface area contributed by atoms with Crippen molar-refractivity contribution in [2.75, 3.05) is 18.4 Å². The Morgan fingerprint density at radius 3 is 2.54 bits per heavy atom. The molecule has 1 aromatic rings. The Morgan fingerprint density at radius 2 is 1.96 bits per heavy atom. The molecule has 4 heteroatoms. The second kappa shape index (κ2) is 7.65. The van der Waals surface area contributed by atoms with E-state index in [0.29, 0.717) is 25.4 Å². The smallest absolute Gasteiger partial charge is 0.245 e. The molecule has 1 fully saturated rings. The van der Waals surface area contributed by atoms with Gasteiger partial charge in [0.15, 0.2) is 0 Å². The summed E-state index contributed by atoms with van der Waals surface area (Å²) in [5.41, 5.74) is 2.12. The number of piperidine rings is 1. The van der Waals surface area contributed by atoms with Gasteiger partial charge in [0.05, 0.1) is 0 Å². The number of rotatable bonds is 4. The molecule has 24 heavy (non-hydrogen) atoms. The number of hydrogen-bond acceptors (Lipinski definition) is 2. The third-order valence-electron chi connectivity index (χ3n) is 4.59. The molecule has 130 valence electrons. The van der Waals surface area contributed by atoms with Crippen LogP contribution in [0.1, 0.15) is 45.6 Å². The quantitative estimate of drug-likeness (QED) is 0.856. The lowest BCUT2D eigenvalue weighted by molar-refractivity contribution is -0.127. The van der Waals surface area contributed by atoms with Crippen molar-refractivity contribution in [2.24, 2.45) is 5.92 Å². The maximum Gasteiger partial charge on any atom is 0.245 e. The third kappa shape index (κ3) is 4.95. The molecule has 0 aliphatic carbocycles. The number of benzene rings is 1. The summed E-state index contributed by atoms with van der Waals surface area (Å²) < 4.78 is 0. The van der Waals surface area contributed by atoms with E-state index in [1.54, 1.807) is 4.90 Å². The summed E-state index contributed by atoms with van der Waals surface area (Å²) in [6.07, 6.45) is 3.61. The van der Waals surface area contributed by atoms with Gasteiger partial charge in [-0.05, 0) is 47.9 Å². The van der Waals surface area contributed by atoms with Gasteiger partial charge in [-0.2, -0.15) is 0 Å². The zero-order chi connectivity index (χ0) is 17.7. The van der Waals surface area contributed by atoms with Crippen LogP contribution in [-0.4, -0.2) is 29.8 Å². The van der Waals surface area contributed by atoms with E-state index < -0.39 is 0 Å². The molecule has 1 heterocycles. The molecule has 1 N–H and O–H groups in total. The van der Waals surface area contributed by atoms with E-state index in [-0.39, 0.29) is 17.2 Å². The molecule has 2 amide bonds. The van der Waals surface area contributed by atoms with Crippen LogP contribution < -0.4 is 5.32 Å². The molecule has 1 aromatic carbocycles. The van der Waals surface area contributed by atoms with Gasteiger partial charge in [-0.3, -0.25) is 9.59 Å². The van der Waals surface area contributed by atoms with Crippen LogP contribution in [0.2, 0.25) is 0 Å². The van der Waals surface area contributed by atoms with Crippen molar-refractivity contribution in [3.63, 3.8) is 0 Å². The first kappa shape index (κ1) is 18.2. The Morgan fingerprint density at radius 1 is 1.29 bits per heavy atom. The summed E-state index contributed by atoms with van der Waals surface area (Å²) in [4.78, 5) is 25.7. The largest absolute Gasteiger partial charge is 0.339 e. The van der Waals surface area contributed by atoms with Gasteiger partial charge in [-0.15, -0.1) is 0 Å². The Labute approximate surface area is 144 Å². The number of carbonyl (C=O) groups excluding carboxylic acids is 2. The van der Waals surface area contributed by atoms with Crippen molar-refractivity contribution in [1.29, 1.82) is 0 Å². The number of anilines is 1. The van der Waals surface area contributed by atoms with Gasteiger partial charge in [-0.1, -0.05) is 39.5 Å². The second-order valence-electron chi connectivity index (χ2n) is 7.56. The number of nitrogens with zero attached hydrogens (tertiary/aromatic N) is 1. The summed E-state index contributed by atoms with van der Waals surface area (Å²) in [6, 6.07) is 8.04. The van der Waals surface area contributed by atoms with Gasteiger partial charge in [0.2, 0.25) is 11.8 Å². The normalized spacial score (nSPS) is 15.9. The Balaban J connectivity index is 1.86. The van der Waals surface area contributed by atoms with Crippen molar-refractivity contribution < 1.29 is 9.59 Å². The minimum Gasteiger partial charge on any atom is -0.339 e. The molecule has 0 unspecified atom stereocenters. The maximum absolute atomic E-state index is 12.3. The summed E-state index contributed by atoms with van der Waals surface area (Å²) in [5, 5.41) is 3.01. The van der Waals surface area contributed by atoms with Crippen LogP contribution in [-0.2, 0) is 15.0 Å². The van der Waals surface area contributed by atoms with Crippen LogP contribution in [0.5, 0.6) is 0 Å². The summed E-state index contributed by atoms with van der Waals surface area (Å²) in [5.74, 6) is 0.371. The SMILES string of the molecule is C=CC(=O)N1CCC(CC(=O)Nc2cccc(C(C)(C)C)c2)CC1. The molecule has 0 aromatic heterocycles. The molecular formula is C20H28N2O2. The fourth-order valence-corrected chi connectivity index (χ4v) is 3.02. The molecule has 2 rings (SSSR count). The van der Waals surface area contributed by atoms with E-state index in [1.807, 2.05) is 18.2 Å². The van der Waals surface area contributed by atoms with E-state index in [2.05, 4.69) is 38.7 Å². The summed E-state index contributed by atoms with van der Waals surface area (Å²) in [6.45, 7) is 11.4. The Kier molecular flexibility index (Phi) is 5.81. The lowest BCUT2D eigenvalue weighted by atomic mass is 9.87. The number of amides is 2. The average molecular weight is 328 g/mol. The zero-order valence-electron chi connectivity index (χ0n) is 15.0. The number of likely N-dealkylation sites (tertiary alicyclic amines) is 1. The first-order chi connectivity index (χ1) is 11.3. The first-order valence-corrected chi connectivity index (χ1v) is 8.61. The second-order valence-corrected chi connectivity index (χ2v) is 7.56. The van der Waals surface area contributed by atoms with Crippen LogP contribution in [0.4, 0.5) is 5.69 Å². The molecule has 4 nitrogen and oxygen atoms in total. The van der Waals surface area contributed by atoms with Crippen molar-refractivity contribution in [2.45, 2.75) is 45.4 Å². The van der Waals surface area contributed by atoms with Gasteiger partial charge >= 0.3 is 0 Å². The monoisotopic (exact) mass is 328 g/mol. The fraction of sp³-hybridized carbons (Fsp3) is 0.500. The van der Waals surface area contributed by atoms with Gasteiger partial charge in [0, 0.05) is 25.2 Å². The van der Waals surface area contributed by atoms with Gasteiger partial charge < -0.3 is 10.2 Å². The molecule has 1 saturated heterocycles. The fourth-order valence-electron chi connectivity index (χ4n) is 3.02. The molecule has 0 spiro atoms. The number of hydrogen-bond donors (Lipinski definition) is 1. The first-order valence-electron chi connectivity index (χ1n) is 8.61. The van der Waals surface area contributed by atoms with Crippen LogP contribution in [0, 0.1) is 5.92 Å². The van der Waals surface area contributed by atoms with Crippen LogP contribution in [0.15, 0.2) is 36.9 Å². The lowest BCUT2D eigenvalue weighted by Crippen LogP contribution is -2.38. The van der Waals surface area contributed by atoms with E-state index in [1.165, 1.54) is 11.6 Å². The molecule has 1 aliphatic rings. The molecule has 0 bridgehead atoms. The van der Waals surface area contributed by atoms with Crippen LogP contribution >= 0.6 is 0 Å². The molecular weight excluding hydrogens is 300 g/mol. The van der Waals surface area contributed by atoms with Crippen LogP contribution in [0.3, 0.4) is 0 Å². The van der Waals surface area contributed by atoms with Gasteiger partial charge in [0.1, 0.15) is 0 Å². The summed E-state index contributed by atoms with van der Waals surface area (Å²) >= 11 is 0. The zero-order valence-corrected chi connectivity index (χ0v) is 15.0. The molecule has 1 aliphatic heterocycles. The highest BCUT2D eigenvalue weighted by atomic mass is 16.2. The number of carbonyl (C=O) groups is 2. The van der Waals surface area contributed by atoms with Crippen molar-refractivity contribution in [3.05, 3.63) is 42.5 Å². The van der Waals surface area contributed by atoms with Gasteiger partial charge in [0.25, 0.3) is 0 Å². The molecule has 0 saturated carbocycles. The predicted molar refractivity (Wildman–Crippen MR) is 97.9 cm³/mol. The minimum atomic E-state index is -0.0168. The van der Waals surface area contributed by atoms with Crippen molar-refractivity contribution in [3.8, 4) is 0 Å². The highest BCUT2D eigenvalue weighted by Crippen LogP contribution is 2.25. The maximum atomic E-state index is 12.3. The highest BCUT2D eigenvalue weighted by Gasteiger charge is 2.23. The standard InChI is InChI=1S/C20H28N2O2/c1-5-19(24)22-11-9-15(10-12-22)13-18(23)21-17-8-6-7-16(14-17)20(2,3)4/h5-8,14-15H,1,9-13H2,2-4H3,(H,21,23). The minimum absolute atomic E-state index is 0.0168. The molecule has 0 atom stereocenters. The molecule has 0 radical (unpaired) electrons. The average Bonchev–Trinajstić information content (AvgIpc) is 2.54. The summed E-state index contributed by atoms with van der Waals surface area (Å²) in [7, 11) is 0. The van der Waals surface area contributed by atoms with E-state index in [4.69, 9.17) is 0 Å². The van der Waals surface area contributed by atoms with E-state index in [9.17, 15) is 9.59 Å². The Bertz CT molecular complexity index is 608. The van der Waals surface area contributed by atoms with Gasteiger partial charge in [-0.25, -0.2) is 0 Å². The lowest BCUT2D eigenvalue weighted by Gasteiger charge is -2.31. The van der Waals surface area contributed by atoms with E-state index in [0.717, 1.165) is 18.5 Å².